The smallest absolute Gasteiger partial charge is 0.225 e. The van der Waals surface area contributed by atoms with Crippen molar-refractivity contribution >= 4 is 29.1 Å². The van der Waals surface area contributed by atoms with Crippen molar-refractivity contribution in [3.8, 4) is 0 Å². The van der Waals surface area contributed by atoms with Crippen LogP contribution in [-0.4, -0.2) is 5.91 Å². The van der Waals surface area contributed by atoms with Gasteiger partial charge in [0.05, 0.1) is 12.5 Å². The normalized spacial score (nSPS) is 17.8. The van der Waals surface area contributed by atoms with Gasteiger partial charge in [0.1, 0.15) is 0 Å². The Bertz CT molecular complexity index is 654. The van der Waals surface area contributed by atoms with E-state index in [1.54, 1.807) is 12.1 Å². The van der Waals surface area contributed by atoms with Gasteiger partial charge in [0, 0.05) is 10.0 Å². The SMILES string of the molecule is O=C1Cc2ccccc2[C@H](c2ccc(Cl)cc2Cl)N1. The highest BCUT2D eigenvalue weighted by Crippen LogP contribution is 2.34. The summed E-state index contributed by atoms with van der Waals surface area (Å²) in [5.74, 6) is 0.00900. The van der Waals surface area contributed by atoms with Gasteiger partial charge >= 0.3 is 0 Å². The number of hydrogen-bond acceptors (Lipinski definition) is 1. The monoisotopic (exact) mass is 291 g/mol. The summed E-state index contributed by atoms with van der Waals surface area (Å²) in [6.45, 7) is 0. The van der Waals surface area contributed by atoms with E-state index in [-0.39, 0.29) is 11.9 Å². The molecule has 0 aromatic heterocycles. The molecule has 96 valence electrons. The number of nitrogens with one attached hydrogen (secondary N) is 1. The lowest BCUT2D eigenvalue weighted by Crippen LogP contribution is -2.35. The minimum absolute atomic E-state index is 0.00900. The van der Waals surface area contributed by atoms with E-state index < -0.39 is 0 Å². The molecule has 1 atom stereocenters. The summed E-state index contributed by atoms with van der Waals surface area (Å²) in [5, 5.41) is 4.13. The van der Waals surface area contributed by atoms with Crippen molar-refractivity contribution in [3.63, 3.8) is 0 Å². The Morgan fingerprint density at radius 3 is 2.63 bits per heavy atom. The summed E-state index contributed by atoms with van der Waals surface area (Å²) in [5.41, 5.74) is 3.00. The standard InChI is InChI=1S/C15H11Cl2NO/c16-10-5-6-12(13(17)8-10)15-11-4-2-1-3-9(11)7-14(19)18-15/h1-6,8,15H,7H2,(H,18,19)/t15-/m1/s1. The lowest BCUT2D eigenvalue weighted by molar-refractivity contribution is -0.121. The van der Waals surface area contributed by atoms with Gasteiger partial charge < -0.3 is 5.32 Å². The van der Waals surface area contributed by atoms with Gasteiger partial charge in [-0.05, 0) is 28.8 Å². The molecule has 0 radical (unpaired) electrons. The molecule has 1 aliphatic rings. The summed E-state index contributed by atoms with van der Waals surface area (Å²) >= 11 is 12.2. The molecule has 1 aliphatic heterocycles. The zero-order chi connectivity index (χ0) is 13.4. The largest absolute Gasteiger partial charge is 0.345 e. The Labute approximate surface area is 121 Å². The van der Waals surface area contributed by atoms with E-state index >= 15 is 0 Å². The molecule has 19 heavy (non-hydrogen) atoms. The molecule has 0 spiro atoms. The van der Waals surface area contributed by atoms with Gasteiger partial charge in [-0.3, -0.25) is 4.79 Å². The van der Waals surface area contributed by atoms with E-state index in [4.69, 9.17) is 23.2 Å². The first-order valence-corrected chi connectivity index (χ1v) is 6.73. The van der Waals surface area contributed by atoms with Crippen LogP contribution >= 0.6 is 23.2 Å². The predicted octanol–water partition coefficient (Wildman–Crippen LogP) is 3.76. The molecule has 2 nitrogen and oxygen atoms in total. The molecule has 0 saturated heterocycles. The van der Waals surface area contributed by atoms with Gasteiger partial charge in [-0.25, -0.2) is 0 Å². The Morgan fingerprint density at radius 2 is 1.84 bits per heavy atom. The molecule has 0 saturated carbocycles. The average Bonchev–Trinajstić information content (AvgIpc) is 2.38. The van der Waals surface area contributed by atoms with Crippen LogP contribution in [0, 0.1) is 0 Å². The fourth-order valence-corrected chi connectivity index (χ4v) is 2.94. The van der Waals surface area contributed by atoms with Crippen molar-refractivity contribution in [2.24, 2.45) is 0 Å². The molecular formula is C15H11Cl2NO. The molecule has 2 aromatic carbocycles. The van der Waals surface area contributed by atoms with Crippen LogP contribution in [0.3, 0.4) is 0 Å². The third kappa shape index (κ3) is 2.34. The summed E-state index contributed by atoms with van der Waals surface area (Å²) in [6, 6.07) is 13.0. The molecule has 0 unspecified atom stereocenters. The number of halogens is 2. The van der Waals surface area contributed by atoms with Crippen molar-refractivity contribution in [1.29, 1.82) is 0 Å². The topological polar surface area (TPSA) is 29.1 Å². The second-order valence-electron chi connectivity index (χ2n) is 4.54. The summed E-state index contributed by atoms with van der Waals surface area (Å²) in [4.78, 5) is 11.8. The Kier molecular flexibility index (Phi) is 3.21. The fraction of sp³-hybridized carbons (Fsp3) is 0.133. The fourth-order valence-electron chi connectivity index (χ4n) is 2.42. The third-order valence-electron chi connectivity index (χ3n) is 3.30. The summed E-state index contributed by atoms with van der Waals surface area (Å²) < 4.78 is 0. The first kappa shape index (κ1) is 12.5. The Hall–Kier alpha value is -1.51. The van der Waals surface area contributed by atoms with Crippen LogP contribution < -0.4 is 5.32 Å². The van der Waals surface area contributed by atoms with Crippen LogP contribution in [0.4, 0.5) is 0 Å². The molecule has 0 fully saturated rings. The zero-order valence-electron chi connectivity index (χ0n) is 9.99. The van der Waals surface area contributed by atoms with E-state index in [9.17, 15) is 4.79 Å². The van der Waals surface area contributed by atoms with Gasteiger partial charge in [0.2, 0.25) is 5.91 Å². The van der Waals surface area contributed by atoms with Crippen molar-refractivity contribution in [3.05, 3.63) is 69.2 Å². The van der Waals surface area contributed by atoms with Gasteiger partial charge in [-0.15, -0.1) is 0 Å². The van der Waals surface area contributed by atoms with Gasteiger partial charge in [-0.2, -0.15) is 0 Å². The van der Waals surface area contributed by atoms with Crippen molar-refractivity contribution in [1.82, 2.24) is 5.32 Å². The molecule has 1 N–H and O–H groups in total. The highest BCUT2D eigenvalue weighted by molar-refractivity contribution is 6.35. The number of rotatable bonds is 1. The first-order chi connectivity index (χ1) is 9.15. The second-order valence-corrected chi connectivity index (χ2v) is 5.39. The van der Waals surface area contributed by atoms with Gasteiger partial charge in [0.15, 0.2) is 0 Å². The quantitative estimate of drug-likeness (QED) is 0.852. The minimum Gasteiger partial charge on any atom is -0.345 e. The minimum atomic E-state index is -0.206. The van der Waals surface area contributed by atoms with Crippen LogP contribution in [0.15, 0.2) is 42.5 Å². The Balaban J connectivity index is 2.12. The van der Waals surface area contributed by atoms with Crippen LogP contribution in [0.5, 0.6) is 0 Å². The number of fused-ring (bicyclic) bond motifs is 1. The number of benzene rings is 2. The molecule has 1 amide bonds. The molecule has 4 heteroatoms. The average molecular weight is 292 g/mol. The van der Waals surface area contributed by atoms with Crippen LogP contribution in [0.1, 0.15) is 22.7 Å². The molecule has 2 aromatic rings. The van der Waals surface area contributed by atoms with Crippen molar-refractivity contribution in [2.45, 2.75) is 12.5 Å². The first-order valence-electron chi connectivity index (χ1n) is 5.97. The molecule has 0 bridgehead atoms. The lowest BCUT2D eigenvalue weighted by Gasteiger charge is -2.27. The van der Waals surface area contributed by atoms with Crippen molar-refractivity contribution in [2.75, 3.05) is 0 Å². The highest BCUT2D eigenvalue weighted by atomic mass is 35.5. The number of amides is 1. The van der Waals surface area contributed by atoms with Crippen LogP contribution in [0.25, 0.3) is 0 Å². The molecular weight excluding hydrogens is 281 g/mol. The van der Waals surface area contributed by atoms with Crippen LogP contribution in [-0.2, 0) is 11.2 Å². The van der Waals surface area contributed by atoms with E-state index in [2.05, 4.69) is 5.32 Å². The van der Waals surface area contributed by atoms with E-state index in [1.165, 1.54) is 0 Å². The summed E-state index contributed by atoms with van der Waals surface area (Å²) in [7, 11) is 0. The molecule has 0 aliphatic carbocycles. The summed E-state index contributed by atoms with van der Waals surface area (Å²) in [6.07, 6.45) is 0.415. The highest BCUT2D eigenvalue weighted by Gasteiger charge is 2.26. The predicted molar refractivity (Wildman–Crippen MR) is 76.6 cm³/mol. The van der Waals surface area contributed by atoms with Gasteiger partial charge in [-0.1, -0.05) is 53.5 Å². The van der Waals surface area contributed by atoms with Crippen LogP contribution in [0.2, 0.25) is 10.0 Å². The number of hydrogen-bond donors (Lipinski definition) is 1. The van der Waals surface area contributed by atoms with E-state index in [0.717, 1.165) is 16.7 Å². The number of carbonyl (C=O) groups excluding carboxylic acids is 1. The zero-order valence-corrected chi connectivity index (χ0v) is 11.5. The third-order valence-corrected chi connectivity index (χ3v) is 3.86. The maximum Gasteiger partial charge on any atom is 0.225 e. The van der Waals surface area contributed by atoms with Crippen molar-refractivity contribution < 1.29 is 4.79 Å². The van der Waals surface area contributed by atoms with E-state index in [1.807, 2.05) is 30.3 Å². The Morgan fingerprint density at radius 1 is 1.05 bits per heavy atom. The maximum atomic E-state index is 11.8. The second kappa shape index (κ2) is 4.87. The van der Waals surface area contributed by atoms with E-state index in [0.29, 0.717) is 16.5 Å². The number of carbonyl (C=O) groups is 1. The van der Waals surface area contributed by atoms with Gasteiger partial charge in [0.25, 0.3) is 0 Å². The molecule has 1 heterocycles. The maximum absolute atomic E-state index is 11.8. The lowest BCUT2D eigenvalue weighted by atomic mass is 9.89. The molecule has 3 rings (SSSR count).